The Balaban J connectivity index is 1.81. The molecule has 0 aliphatic rings. The Morgan fingerprint density at radius 3 is 2.70 bits per heavy atom. The Hall–Kier alpha value is -2.29. The second-order valence-electron chi connectivity index (χ2n) is 5.30. The first-order chi connectivity index (χ1) is 9.63. The molecule has 0 aliphatic carbocycles. The SMILES string of the molecule is Cc1ccc(NCc2cn3c(C)cccc3n2)c(C)c1. The van der Waals surface area contributed by atoms with Crippen molar-refractivity contribution in [2.24, 2.45) is 0 Å². The zero-order valence-corrected chi connectivity index (χ0v) is 12.1. The predicted octanol–water partition coefficient (Wildman–Crippen LogP) is 3.87. The lowest BCUT2D eigenvalue weighted by molar-refractivity contribution is 1.06. The molecule has 0 radical (unpaired) electrons. The van der Waals surface area contributed by atoms with Crippen LogP contribution in [-0.2, 0) is 6.54 Å². The number of aromatic nitrogens is 2. The van der Waals surface area contributed by atoms with Gasteiger partial charge in [-0.05, 0) is 44.5 Å². The number of fused-ring (bicyclic) bond motifs is 1. The molecule has 3 rings (SSSR count). The fourth-order valence-electron chi connectivity index (χ4n) is 2.48. The first-order valence-corrected chi connectivity index (χ1v) is 6.88. The van der Waals surface area contributed by atoms with Gasteiger partial charge < -0.3 is 9.72 Å². The average molecular weight is 265 g/mol. The Morgan fingerprint density at radius 1 is 1.10 bits per heavy atom. The van der Waals surface area contributed by atoms with Crippen molar-refractivity contribution in [2.75, 3.05) is 5.32 Å². The summed E-state index contributed by atoms with van der Waals surface area (Å²) in [6, 6.07) is 12.6. The van der Waals surface area contributed by atoms with E-state index in [-0.39, 0.29) is 0 Å². The number of nitrogens with zero attached hydrogens (tertiary/aromatic N) is 2. The molecule has 20 heavy (non-hydrogen) atoms. The van der Waals surface area contributed by atoms with Gasteiger partial charge in [-0.3, -0.25) is 0 Å². The molecule has 1 aromatic carbocycles. The number of anilines is 1. The molecular weight excluding hydrogens is 246 g/mol. The quantitative estimate of drug-likeness (QED) is 0.779. The van der Waals surface area contributed by atoms with E-state index in [9.17, 15) is 0 Å². The molecule has 0 saturated heterocycles. The van der Waals surface area contributed by atoms with Crippen LogP contribution in [0.4, 0.5) is 5.69 Å². The molecule has 3 nitrogen and oxygen atoms in total. The number of benzene rings is 1. The maximum Gasteiger partial charge on any atom is 0.137 e. The lowest BCUT2D eigenvalue weighted by Gasteiger charge is -2.08. The van der Waals surface area contributed by atoms with Gasteiger partial charge in [-0.15, -0.1) is 0 Å². The Labute approximate surface area is 119 Å². The molecule has 0 aliphatic heterocycles. The minimum atomic E-state index is 0.741. The van der Waals surface area contributed by atoms with Crippen molar-refractivity contribution in [3.63, 3.8) is 0 Å². The molecule has 0 unspecified atom stereocenters. The highest BCUT2D eigenvalue weighted by Crippen LogP contribution is 2.17. The third kappa shape index (κ3) is 2.39. The number of hydrogen-bond acceptors (Lipinski definition) is 2. The molecule has 102 valence electrons. The standard InChI is InChI=1S/C17H19N3/c1-12-7-8-16(13(2)9-12)18-10-15-11-20-14(3)5-4-6-17(20)19-15/h4-9,11,18H,10H2,1-3H3. The minimum Gasteiger partial charge on any atom is -0.379 e. The summed E-state index contributed by atoms with van der Waals surface area (Å²) in [6.45, 7) is 7.08. The zero-order chi connectivity index (χ0) is 14.1. The number of aryl methyl sites for hydroxylation is 3. The predicted molar refractivity (Wildman–Crippen MR) is 83.2 cm³/mol. The maximum atomic E-state index is 4.64. The lowest BCUT2D eigenvalue weighted by Crippen LogP contribution is -2.01. The molecule has 0 bridgehead atoms. The molecule has 0 spiro atoms. The van der Waals surface area contributed by atoms with Gasteiger partial charge in [0.2, 0.25) is 0 Å². The van der Waals surface area contributed by atoms with Crippen LogP contribution in [-0.4, -0.2) is 9.38 Å². The first-order valence-electron chi connectivity index (χ1n) is 6.88. The number of pyridine rings is 1. The minimum absolute atomic E-state index is 0.741. The molecule has 0 amide bonds. The van der Waals surface area contributed by atoms with E-state index in [4.69, 9.17) is 0 Å². The van der Waals surface area contributed by atoms with Gasteiger partial charge in [0.1, 0.15) is 5.65 Å². The van der Waals surface area contributed by atoms with Gasteiger partial charge in [0.25, 0.3) is 0 Å². The smallest absolute Gasteiger partial charge is 0.137 e. The molecule has 3 aromatic rings. The summed E-state index contributed by atoms with van der Waals surface area (Å²) in [5, 5.41) is 3.46. The van der Waals surface area contributed by atoms with Crippen LogP contribution in [0, 0.1) is 20.8 Å². The summed E-state index contributed by atoms with van der Waals surface area (Å²) in [5.74, 6) is 0. The van der Waals surface area contributed by atoms with Gasteiger partial charge in [0.05, 0.1) is 12.2 Å². The maximum absolute atomic E-state index is 4.64. The number of hydrogen-bond donors (Lipinski definition) is 1. The Bertz CT molecular complexity index is 756. The van der Waals surface area contributed by atoms with E-state index < -0.39 is 0 Å². The zero-order valence-electron chi connectivity index (χ0n) is 12.1. The van der Waals surface area contributed by atoms with E-state index in [1.165, 1.54) is 22.5 Å². The van der Waals surface area contributed by atoms with Crippen LogP contribution >= 0.6 is 0 Å². The van der Waals surface area contributed by atoms with E-state index in [0.717, 1.165) is 17.9 Å². The molecule has 0 fully saturated rings. The largest absolute Gasteiger partial charge is 0.379 e. The Kier molecular flexibility index (Phi) is 3.18. The molecule has 3 heteroatoms. The first kappa shape index (κ1) is 12.7. The second-order valence-corrected chi connectivity index (χ2v) is 5.30. The third-order valence-corrected chi connectivity index (χ3v) is 3.59. The highest BCUT2D eigenvalue weighted by atomic mass is 15.0. The van der Waals surface area contributed by atoms with Crippen LogP contribution in [0.25, 0.3) is 5.65 Å². The number of imidazole rings is 1. The topological polar surface area (TPSA) is 29.3 Å². The molecular formula is C17H19N3. The summed E-state index contributed by atoms with van der Waals surface area (Å²) in [7, 11) is 0. The van der Waals surface area contributed by atoms with E-state index >= 15 is 0 Å². The van der Waals surface area contributed by atoms with Crippen molar-refractivity contribution in [1.29, 1.82) is 0 Å². The van der Waals surface area contributed by atoms with Gasteiger partial charge in [0.15, 0.2) is 0 Å². The van der Waals surface area contributed by atoms with Crippen LogP contribution in [0.3, 0.4) is 0 Å². The van der Waals surface area contributed by atoms with Crippen molar-refractivity contribution in [3.05, 3.63) is 65.1 Å². The number of nitrogens with one attached hydrogen (secondary N) is 1. The van der Waals surface area contributed by atoms with E-state index in [0.29, 0.717) is 0 Å². The summed E-state index contributed by atoms with van der Waals surface area (Å²) in [5.41, 5.74) is 6.99. The van der Waals surface area contributed by atoms with Crippen LogP contribution in [0.5, 0.6) is 0 Å². The fourth-order valence-corrected chi connectivity index (χ4v) is 2.48. The fraction of sp³-hybridized carbons (Fsp3) is 0.235. The summed E-state index contributed by atoms with van der Waals surface area (Å²) >= 11 is 0. The summed E-state index contributed by atoms with van der Waals surface area (Å²) < 4.78 is 2.12. The highest BCUT2D eigenvalue weighted by Gasteiger charge is 2.04. The van der Waals surface area contributed by atoms with Gasteiger partial charge in [-0.25, -0.2) is 4.98 Å². The molecule has 2 heterocycles. The molecule has 0 atom stereocenters. The van der Waals surface area contributed by atoms with E-state index in [1.54, 1.807) is 0 Å². The third-order valence-electron chi connectivity index (χ3n) is 3.59. The molecule has 0 saturated carbocycles. The second kappa shape index (κ2) is 5.00. The van der Waals surface area contributed by atoms with Crippen LogP contribution < -0.4 is 5.32 Å². The summed E-state index contributed by atoms with van der Waals surface area (Å²) in [6.07, 6.45) is 2.10. The van der Waals surface area contributed by atoms with Crippen molar-refractivity contribution in [2.45, 2.75) is 27.3 Å². The van der Waals surface area contributed by atoms with Crippen LogP contribution in [0.1, 0.15) is 22.5 Å². The highest BCUT2D eigenvalue weighted by molar-refractivity contribution is 5.52. The van der Waals surface area contributed by atoms with Gasteiger partial charge >= 0.3 is 0 Å². The van der Waals surface area contributed by atoms with Gasteiger partial charge in [-0.2, -0.15) is 0 Å². The van der Waals surface area contributed by atoms with Crippen molar-refractivity contribution < 1.29 is 0 Å². The van der Waals surface area contributed by atoms with E-state index in [2.05, 4.69) is 65.9 Å². The van der Waals surface area contributed by atoms with Gasteiger partial charge in [-0.1, -0.05) is 23.8 Å². The normalized spacial score (nSPS) is 10.9. The Morgan fingerprint density at radius 2 is 1.95 bits per heavy atom. The van der Waals surface area contributed by atoms with Crippen LogP contribution in [0.15, 0.2) is 42.6 Å². The molecule has 1 N–H and O–H groups in total. The number of rotatable bonds is 3. The summed E-state index contributed by atoms with van der Waals surface area (Å²) in [4.78, 5) is 4.64. The monoisotopic (exact) mass is 265 g/mol. The van der Waals surface area contributed by atoms with Crippen molar-refractivity contribution in [3.8, 4) is 0 Å². The average Bonchev–Trinajstić information content (AvgIpc) is 2.82. The van der Waals surface area contributed by atoms with Crippen molar-refractivity contribution >= 4 is 11.3 Å². The lowest BCUT2D eigenvalue weighted by atomic mass is 10.1. The van der Waals surface area contributed by atoms with Gasteiger partial charge in [0, 0.05) is 17.6 Å². The van der Waals surface area contributed by atoms with Crippen LogP contribution in [0.2, 0.25) is 0 Å². The van der Waals surface area contributed by atoms with E-state index in [1.807, 2.05) is 12.1 Å². The molecule has 2 aromatic heterocycles. The van der Waals surface area contributed by atoms with Crippen molar-refractivity contribution in [1.82, 2.24) is 9.38 Å².